The maximum Gasteiger partial charge on any atom is 0.404 e. The van der Waals surface area contributed by atoms with Crippen molar-refractivity contribution in [2.75, 3.05) is 12.9 Å². The van der Waals surface area contributed by atoms with Gasteiger partial charge in [0, 0.05) is 0 Å². The molecule has 1 amide bonds. The molecule has 0 spiro atoms. The van der Waals surface area contributed by atoms with Crippen LogP contribution in [0.1, 0.15) is 6.92 Å². The first-order valence-electron chi connectivity index (χ1n) is 3.12. The molecule has 1 unspecified atom stereocenters. The quantitative estimate of drug-likeness (QED) is 0.610. The van der Waals surface area contributed by atoms with Crippen molar-refractivity contribution in [2.24, 2.45) is 5.73 Å². The van der Waals surface area contributed by atoms with E-state index in [0.29, 0.717) is 0 Å². The number of carbonyl (C=O) groups excluding carboxylic acids is 1. The number of hydrogen-bond donors (Lipinski definition) is 1. The van der Waals surface area contributed by atoms with Gasteiger partial charge in [-0.25, -0.2) is 4.79 Å². The summed E-state index contributed by atoms with van der Waals surface area (Å²) in [5.41, 5.74) is 4.64. The number of amides is 1. The van der Waals surface area contributed by atoms with Gasteiger partial charge in [-0.05, 0) is 6.92 Å². The molecule has 7 heteroatoms. The van der Waals surface area contributed by atoms with E-state index in [0.717, 1.165) is 6.26 Å². The third-order valence-electron chi connectivity index (χ3n) is 0.799. The lowest BCUT2D eigenvalue weighted by atomic mass is 10.4. The normalized spacial score (nSPS) is 13.8. The third-order valence-corrected chi connectivity index (χ3v) is 1.48. The number of ether oxygens (including phenoxy) is 1. The molecule has 0 saturated carbocycles. The molecule has 0 aromatic carbocycles. The van der Waals surface area contributed by atoms with Crippen molar-refractivity contribution in [1.29, 1.82) is 0 Å². The van der Waals surface area contributed by atoms with Crippen LogP contribution in [0.15, 0.2) is 0 Å². The van der Waals surface area contributed by atoms with Gasteiger partial charge in [0.25, 0.3) is 10.1 Å². The van der Waals surface area contributed by atoms with Crippen molar-refractivity contribution in [3.05, 3.63) is 0 Å². The Morgan fingerprint density at radius 1 is 1.58 bits per heavy atom. The molecule has 6 nitrogen and oxygen atoms in total. The molecular formula is C5H11NO5S. The van der Waals surface area contributed by atoms with Gasteiger partial charge in [-0.1, -0.05) is 0 Å². The van der Waals surface area contributed by atoms with E-state index in [-0.39, 0.29) is 6.61 Å². The summed E-state index contributed by atoms with van der Waals surface area (Å²) >= 11 is 0. The highest BCUT2D eigenvalue weighted by molar-refractivity contribution is 7.86. The van der Waals surface area contributed by atoms with E-state index >= 15 is 0 Å². The van der Waals surface area contributed by atoms with Crippen molar-refractivity contribution in [1.82, 2.24) is 0 Å². The Kier molecular flexibility index (Phi) is 3.98. The van der Waals surface area contributed by atoms with Crippen molar-refractivity contribution < 1.29 is 22.1 Å². The summed E-state index contributed by atoms with van der Waals surface area (Å²) in [5, 5.41) is 0. The van der Waals surface area contributed by atoms with Crippen LogP contribution in [0.2, 0.25) is 0 Å². The lowest BCUT2D eigenvalue weighted by Gasteiger charge is -2.09. The Morgan fingerprint density at radius 3 is 2.42 bits per heavy atom. The highest BCUT2D eigenvalue weighted by Crippen LogP contribution is 1.97. The summed E-state index contributed by atoms with van der Waals surface area (Å²) in [6.45, 7) is 1.27. The minimum Gasteiger partial charge on any atom is -0.447 e. The van der Waals surface area contributed by atoms with Gasteiger partial charge in [-0.15, -0.1) is 0 Å². The minimum atomic E-state index is -3.50. The Hall–Kier alpha value is -0.820. The van der Waals surface area contributed by atoms with E-state index < -0.39 is 22.3 Å². The van der Waals surface area contributed by atoms with Crippen LogP contribution in [0.4, 0.5) is 4.79 Å². The molecule has 72 valence electrons. The van der Waals surface area contributed by atoms with E-state index in [2.05, 4.69) is 14.7 Å². The topological polar surface area (TPSA) is 95.7 Å². The Bertz CT molecular complexity index is 247. The lowest BCUT2D eigenvalue weighted by molar-refractivity contribution is 0.100. The van der Waals surface area contributed by atoms with Gasteiger partial charge in [0.2, 0.25) is 0 Å². The lowest BCUT2D eigenvalue weighted by Crippen LogP contribution is -2.24. The zero-order chi connectivity index (χ0) is 9.78. The van der Waals surface area contributed by atoms with Crippen LogP contribution in [0, 0.1) is 0 Å². The standard InChI is InChI=1S/C5H11NO5S/c1-4(3-10-5(6)7)11-12(2,8)9/h4H,3H2,1-2H3,(H2,6,7). The van der Waals surface area contributed by atoms with Crippen LogP contribution >= 0.6 is 0 Å². The Morgan fingerprint density at radius 2 is 2.08 bits per heavy atom. The van der Waals surface area contributed by atoms with E-state index in [1.165, 1.54) is 6.92 Å². The number of rotatable bonds is 4. The van der Waals surface area contributed by atoms with Gasteiger partial charge in [-0.2, -0.15) is 8.42 Å². The molecular weight excluding hydrogens is 186 g/mol. The molecule has 0 aromatic rings. The second kappa shape index (κ2) is 4.27. The Balaban J connectivity index is 3.75. The molecule has 0 aliphatic heterocycles. The van der Waals surface area contributed by atoms with E-state index in [4.69, 9.17) is 0 Å². The molecule has 0 saturated heterocycles. The monoisotopic (exact) mass is 197 g/mol. The van der Waals surface area contributed by atoms with Crippen LogP contribution in [-0.4, -0.2) is 33.5 Å². The van der Waals surface area contributed by atoms with E-state index in [9.17, 15) is 13.2 Å². The number of nitrogens with two attached hydrogens (primary N) is 1. The number of hydrogen-bond acceptors (Lipinski definition) is 5. The minimum absolute atomic E-state index is 0.178. The third kappa shape index (κ3) is 7.29. The van der Waals surface area contributed by atoms with Gasteiger partial charge >= 0.3 is 6.09 Å². The van der Waals surface area contributed by atoms with Gasteiger partial charge in [-0.3, -0.25) is 4.18 Å². The van der Waals surface area contributed by atoms with Crippen LogP contribution in [-0.2, 0) is 19.0 Å². The van der Waals surface area contributed by atoms with Gasteiger partial charge < -0.3 is 10.5 Å². The average molecular weight is 197 g/mol. The molecule has 0 radical (unpaired) electrons. The second-order valence-corrected chi connectivity index (χ2v) is 3.84. The highest BCUT2D eigenvalue weighted by atomic mass is 32.2. The predicted molar refractivity (Wildman–Crippen MR) is 40.9 cm³/mol. The maximum atomic E-state index is 10.5. The molecule has 0 heterocycles. The summed E-state index contributed by atoms with van der Waals surface area (Å²) in [6.07, 6.45) is -0.764. The summed E-state index contributed by atoms with van der Waals surface area (Å²) < 4.78 is 29.7. The SMILES string of the molecule is CC(COC(N)=O)OS(C)(=O)=O. The molecule has 0 rings (SSSR count). The molecule has 0 aliphatic carbocycles. The van der Waals surface area contributed by atoms with Crippen LogP contribution in [0.25, 0.3) is 0 Å². The fourth-order valence-electron chi connectivity index (χ4n) is 0.526. The molecule has 0 aromatic heterocycles. The number of carbonyl (C=O) groups is 1. The van der Waals surface area contributed by atoms with Crippen molar-refractivity contribution in [3.8, 4) is 0 Å². The van der Waals surface area contributed by atoms with Crippen molar-refractivity contribution in [2.45, 2.75) is 13.0 Å². The summed E-state index contributed by atoms with van der Waals surface area (Å²) in [6, 6.07) is 0. The van der Waals surface area contributed by atoms with Gasteiger partial charge in [0.05, 0.1) is 6.26 Å². The van der Waals surface area contributed by atoms with Crippen molar-refractivity contribution in [3.63, 3.8) is 0 Å². The predicted octanol–water partition coefficient (Wildman–Crippen LogP) is -0.554. The summed E-state index contributed by atoms with van der Waals surface area (Å²) in [5.74, 6) is 0. The summed E-state index contributed by atoms with van der Waals surface area (Å²) in [4.78, 5) is 10.1. The zero-order valence-corrected chi connectivity index (χ0v) is 7.63. The van der Waals surface area contributed by atoms with Crippen LogP contribution in [0.5, 0.6) is 0 Å². The maximum absolute atomic E-state index is 10.5. The second-order valence-electron chi connectivity index (χ2n) is 2.24. The average Bonchev–Trinajstić information content (AvgIpc) is 1.79. The molecule has 12 heavy (non-hydrogen) atoms. The van der Waals surface area contributed by atoms with E-state index in [1.807, 2.05) is 0 Å². The highest BCUT2D eigenvalue weighted by Gasteiger charge is 2.11. The van der Waals surface area contributed by atoms with E-state index in [1.54, 1.807) is 0 Å². The van der Waals surface area contributed by atoms with Crippen LogP contribution < -0.4 is 5.73 Å². The first-order valence-corrected chi connectivity index (χ1v) is 4.93. The fourth-order valence-corrected chi connectivity index (χ4v) is 1.18. The van der Waals surface area contributed by atoms with Crippen LogP contribution in [0.3, 0.4) is 0 Å². The number of primary amides is 1. The molecule has 1 atom stereocenters. The smallest absolute Gasteiger partial charge is 0.404 e. The molecule has 0 aliphatic rings. The Labute approximate surface area is 70.8 Å². The molecule has 2 N–H and O–H groups in total. The largest absolute Gasteiger partial charge is 0.447 e. The molecule has 0 fully saturated rings. The summed E-state index contributed by atoms with van der Waals surface area (Å²) in [7, 11) is -3.50. The van der Waals surface area contributed by atoms with Crippen molar-refractivity contribution >= 4 is 16.2 Å². The van der Waals surface area contributed by atoms with Gasteiger partial charge in [0.1, 0.15) is 12.7 Å². The van der Waals surface area contributed by atoms with Gasteiger partial charge in [0.15, 0.2) is 0 Å². The fraction of sp³-hybridized carbons (Fsp3) is 0.800. The first-order chi connectivity index (χ1) is 5.31. The zero-order valence-electron chi connectivity index (χ0n) is 6.81. The molecule has 0 bridgehead atoms. The first kappa shape index (κ1) is 11.2.